The number of hydrogen-bond acceptors (Lipinski definition) is 3. The van der Waals surface area contributed by atoms with Gasteiger partial charge in [-0.25, -0.2) is 12.8 Å². The Labute approximate surface area is 160 Å². The molecule has 1 atom stereocenters. The van der Waals surface area contributed by atoms with Gasteiger partial charge in [0.15, 0.2) is 15.8 Å². The first-order valence-electron chi connectivity index (χ1n) is 7.65. The van der Waals surface area contributed by atoms with Crippen molar-refractivity contribution in [2.24, 2.45) is 4.99 Å². The third kappa shape index (κ3) is 5.87. The second-order valence-electron chi connectivity index (χ2n) is 6.56. The maximum Gasteiger partial charge on any atom is 0.191 e. The van der Waals surface area contributed by atoms with Crippen LogP contribution in [0.2, 0.25) is 0 Å². The lowest BCUT2D eigenvalue weighted by molar-refractivity contribution is 0.503. The minimum Gasteiger partial charge on any atom is -0.356 e. The molecule has 0 saturated carbocycles. The van der Waals surface area contributed by atoms with Crippen LogP contribution in [0.15, 0.2) is 29.3 Å². The fourth-order valence-electron chi connectivity index (χ4n) is 2.60. The lowest BCUT2D eigenvalue weighted by atomic mass is 9.84. The highest BCUT2D eigenvalue weighted by Crippen LogP contribution is 2.22. The summed E-state index contributed by atoms with van der Waals surface area (Å²) < 4.78 is 36.1. The van der Waals surface area contributed by atoms with Gasteiger partial charge in [0.2, 0.25) is 0 Å². The molecule has 0 amide bonds. The smallest absolute Gasteiger partial charge is 0.191 e. The van der Waals surface area contributed by atoms with Crippen molar-refractivity contribution in [3.63, 3.8) is 0 Å². The van der Waals surface area contributed by atoms with Crippen LogP contribution in [-0.2, 0) is 15.3 Å². The van der Waals surface area contributed by atoms with Crippen molar-refractivity contribution >= 4 is 39.8 Å². The lowest BCUT2D eigenvalue weighted by Crippen LogP contribution is -2.47. The summed E-state index contributed by atoms with van der Waals surface area (Å²) in [4.78, 5) is 4.15. The number of sulfone groups is 1. The van der Waals surface area contributed by atoms with Crippen LogP contribution in [-0.4, -0.2) is 45.5 Å². The summed E-state index contributed by atoms with van der Waals surface area (Å²) in [6.45, 7) is 4.71. The molecule has 0 bridgehead atoms. The maximum absolute atomic E-state index is 13.0. The summed E-state index contributed by atoms with van der Waals surface area (Å²) in [6, 6.07) is 6.36. The Hall–Kier alpha value is -0.900. The number of aliphatic imine (C=N–C) groups is 1. The van der Waals surface area contributed by atoms with E-state index in [0.29, 0.717) is 18.9 Å². The number of benzene rings is 1. The fourth-order valence-corrected chi connectivity index (χ4v) is 4.28. The van der Waals surface area contributed by atoms with Gasteiger partial charge < -0.3 is 10.6 Å². The molecule has 136 valence electrons. The van der Waals surface area contributed by atoms with E-state index in [-0.39, 0.29) is 52.8 Å². The Kier molecular flexibility index (Phi) is 7.45. The number of rotatable bonds is 4. The molecule has 24 heavy (non-hydrogen) atoms. The van der Waals surface area contributed by atoms with Crippen molar-refractivity contribution < 1.29 is 12.8 Å². The first-order chi connectivity index (χ1) is 10.7. The van der Waals surface area contributed by atoms with Crippen LogP contribution in [0.5, 0.6) is 0 Å². The molecule has 0 aliphatic carbocycles. The first-order valence-corrected chi connectivity index (χ1v) is 9.48. The van der Waals surface area contributed by atoms with Crippen LogP contribution >= 0.6 is 24.0 Å². The molecular weight excluding hydrogens is 444 g/mol. The monoisotopic (exact) mass is 469 g/mol. The first kappa shape index (κ1) is 21.1. The van der Waals surface area contributed by atoms with Crippen molar-refractivity contribution in [1.82, 2.24) is 10.6 Å². The van der Waals surface area contributed by atoms with Gasteiger partial charge in [0.25, 0.3) is 0 Å². The number of nitrogens with zero attached hydrogens (tertiary/aromatic N) is 1. The van der Waals surface area contributed by atoms with E-state index in [0.717, 1.165) is 5.56 Å². The zero-order valence-corrected chi connectivity index (χ0v) is 17.3. The van der Waals surface area contributed by atoms with E-state index >= 15 is 0 Å². The summed E-state index contributed by atoms with van der Waals surface area (Å²) in [5, 5.41) is 6.38. The molecule has 1 aliphatic heterocycles. The molecule has 0 aromatic heterocycles. The molecule has 1 unspecified atom stereocenters. The molecule has 1 heterocycles. The van der Waals surface area contributed by atoms with E-state index < -0.39 is 9.84 Å². The molecule has 1 aromatic rings. The number of nitrogens with one attached hydrogen (secondary N) is 2. The van der Waals surface area contributed by atoms with E-state index in [4.69, 9.17) is 0 Å². The van der Waals surface area contributed by atoms with E-state index in [1.54, 1.807) is 19.2 Å². The average molecular weight is 469 g/mol. The Balaban J connectivity index is 0.00000288. The summed E-state index contributed by atoms with van der Waals surface area (Å²) in [5.41, 5.74) is 0.804. The third-order valence-electron chi connectivity index (χ3n) is 4.12. The Morgan fingerprint density at radius 2 is 1.96 bits per heavy atom. The van der Waals surface area contributed by atoms with Crippen molar-refractivity contribution in [2.45, 2.75) is 31.7 Å². The van der Waals surface area contributed by atoms with Crippen molar-refractivity contribution in [1.29, 1.82) is 0 Å². The van der Waals surface area contributed by atoms with Crippen LogP contribution < -0.4 is 10.6 Å². The number of guanidine groups is 1. The predicted octanol–water partition coefficient (Wildman–Crippen LogP) is 2.07. The van der Waals surface area contributed by atoms with Crippen LogP contribution in [0.25, 0.3) is 0 Å². The van der Waals surface area contributed by atoms with Crippen LogP contribution in [0.1, 0.15) is 25.8 Å². The van der Waals surface area contributed by atoms with E-state index in [1.807, 2.05) is 0 Å². The molecular formula is C16H25FIN3O2S. The van der Waals surface area contributed by atoms with E-state index in [9.17, 15) is 12.8 Å². The molecule has 2 rings (SSSR count). The quantitative estimate of drug-likeness (QED) is 0.403. The van der Waals surface area contributed by atoms with Crippen LogP contribution in [0.3, 0.4) is 0 Å². The Bertz CT molecular complexity index is 675. The topological polar surface area (TPSA) is 70.6 Å². The number of halogens is 2. The minimum atomic E-state index is -2.92. The van der Waals surface area contributed by atoms with Gasteiger partial charge in [0.05, 0.1) is 11.5 Å². The second kappa shape index (κ2) is 8.46. The average Bonchev–Trinajstić information content (AvgIpc) is 2.83. The van der Waals surface area contributed by atoms with Crippen molar-refractivity contribution in [3.8, 4) is 0 Å². The highest BCUT2D eigenvalue weighted by atomic mass is 127. The highest BCUT2D eigenvalue weighted by molar-refractivity contribution is 14.0. The Morgan fingerprint density at radius 1 is 1.33 bits per heavy atom. The normalized spacial score (nSPS) is 20.3. The van der Waals surface area contributed by atoms with Crippen molar-refractivity contribution in [3.05, 3.63) is 35.6 Å². The molecule has 1 fully saturated rings. The molecule has 1 aliphatic rings. The molecule has 0 spiro atoms. The van der Waals surface area contributed by atoms with Crippen LogP contribution in [0, 0.1) is 5.82 Å². The summed E-state index contributed by atoms with van der Waals surface area (Å²) in [7, 11) is -1.26. The van der Waals surface area contributed by atoms with E-state index in [1.165, 1.54) is 12.1 Å². The van der Waals surface area contributed by atoms with Gasteiger partial charge in [-0.05, 0) is 24.1 Å². The summed E-state index contributed by atoms with van der Waals surface area (Å²) >= 11 is 0. The molecule has 2 N–H and O–H groups in total. The van der Waals surface area contributed by atoms with Gasteiger partial charge >= 0.3 is 0 Å². The van der Waals surface area contributed by atoms with Crippen molar-refractivity contribution in [2.75, 3.05) is 25.1 Å². The molecule has 1 aromatic carbocycles. The van der Waals surface area contributed by atoms with Gasteiger partial charge in [0, 0.05) is 25.0 Å². The van der Waals surface area contributed by atoms with E-state index in [2.05, 4.69) is 29.5 Å². The minimum absolute atomic E-state index is 0. The standard InChI is InChI=1S/C16H24FN3O2S.HI/c1-16(2,12-4-6-13(17)7-5-12)11-19-15(18-3)20-14-8-9-23(21,22)10-14;/h4-7,14H,8-11H2,1-3H3,(H2,18,19,20);1H. The predicted molar refractivity (Wildman–Crippen MR) is 106 cm³/mol. The zero-order valence-electron chi connectivity index (χ0n) is 14.2. The molecule has 8 heteroatoms. The third-order valence-corrected chi connectivity index (χ3v) is 5.89. The number of hydrogen-bond donors (Lipinski definition) is 2. The van der Waals surface area contributed by atoms with Gasteiger partial charge in [-0.2, -0.15) is 0 Å². The van der Waals surface area contributed by atoms with Gasteiger partial charge in [-0.3, -0.25) is 4.99 Å². The van der Waals surface area contributed by atoms with Gasteiger partial charge in [0.1, 0.15) is 5.82 Å². The maximum atomic E-state index is 13.0. The summed E-state index contributed by atoms with van der Waals surface area (Å²) in [5.74, 6) is 0.706. The second-order valence-corrected chi connectivity index (χ2v) is 8.79. The van der Waals surface area contributed by atoms with Gasteiger partial charge in [-0.1, -0.05) is 26.0 Å². The zero-order chi connectivity index (χ0) is 17.1. The molecule has 5 nitrogen and oxygen atoms in total. The van der Waals surface area contributed by atoms with Gasteiger partial charge in [-0.15, -0.1) is 24.0 Å². The molecule has 0 radical (unpaired) electrons. The highest BCUT2D eigenvalue weighted by Gasteiger charge is 2.29. The Morgan fingerprint density at radius 3 is 2.46 bits per heavy atom. The summed E-state index contributed by atoms with van der Waals surface area (Å²) in [6.07, 6.45) is 0.602. The SMILES string of the molecule is CN=C(NCC(C)(C)c1ccc(F)cc1)NC1CCS(=O)(=O)C1.I. The molecule has 1 saturated heterocycles. The van der Waals surface area contributed by atoms with Crippen LogP contribution in [0.4, 0.5) is 4.39 Å². The fraction of sp³-hybridized carbons (Fsp3) is 0.562. The lowest BCUT2D eigenvalue weighted by Gasteiger charge is -2.27. The largest absolute Gasteiger partial charge is 0.356 e.